The van der Waals surface area contributed by atoms with Crippen molar-refractivity contribution < 1.29 is 9.21 Å². The van der Waals surface area contributed by atoms with Crippen LogP contribution in [0.5, 0.6) is 0 Å². The van der Waals surface area contributed by atoms with Gasteiger partial charge in [0.2, 0.25) is 0 Å². The van der Waals surface area contributed by atoms with E-state index in [0.29, 0.717) is 18.1 Å². The van der Waals surface area contributed by atoms with Crippen molar-refractivity contribution in [2.24, 2.45) is 0 Å². The molecule has 0 saturated carbocycles. The van der Waals surface area contributed by atoms with Crippen LogP contribution in [0.25, 0.3) is 0 Å². The van der Waals surface area contributed by atoms with Crippen LogP contribution >= 0.6 is 15.9 Å². The first-order valence-electron chi connectivity index (χ1n) is 4.85. The molecule has 1 heterocycles. The summed E-state index contributed by atoms with van der Waals surface area (Å²) in [5.41, 5.74) is 1.09. The molecule has 0 aliphatic carbocycles. The van der Waals surface area contributed by atoms with E-state index >= 15 is 0 Å². The minimum absolute atomic E-state index is 0.104. The zero-order valence-electron chi connectivity index (χ0n) is 8.74. The van der Waals surface area contributed by atoms with E-state index in [4.69, 9.17) is 4.42 Å². The van der Waals surface area contributed by atoms with Crippen LogP contribution in [0.15, 0.2) is 39.4 Å². The minimum Gasteiger partial charge on any atom is -0.437 e. The summed E-state index contributed by atoms with van der Waals surface area (Å²) in [6.45, 7) is 1.46. The standard InChI is InChI=1S/C12H10BrNO2/c1-8(15)11-7-14-12(16-11)6-9-3-2-4-10(13)5-9/h2-5,7H,6H2,1H3. The topological polar surface area (TPSA) is 43.1 Å². The maximum atomic E-state index is 11.0. The molecular weight excluding hydrogens is 270 g/mol. The average Bonchev–Trinajstić information content (AvgIpc) is 2.66. The molecule has 82 valence electrons. The van der Waals surface area contributed by atoms with Crippen molar-refractivity contribution in [3.05, 3.63) is 52.1 Å². The van der Waals surface area contributed by atoms with Gasteiger partial charge in [0.25, 0.3) is 0 Å². The van der Waals surface area contributed by atoms with E-state index in [0.717, 1.165) is 10.0 Å². The number of hydrogen-bond donors (Lipinski definition) is 0. The molecule has 3 nitrogen and oxygen atoms in total. The summed E-state index contributed by atoms with van der Waals surface area (Å²) in [6.07, 6.45) is 2.06. The van der Waals surface area contributed by atoms with Crippen LogP contribution < -0.4 is 0 Å². The van der Waals surface area contributed by atoms with Gasteiger partial charge in [-0.2, -0.15) is 0 Å². The molecule has 0 aliphatic rings. The lowest BCUT2D eigenvalue weighted by Crippen LogP contribution is -1.88. The molecule has 16 heavy (non-hydrogen) atoms. The lowest BCUT2D eigenvalue weighted by Gasteiger charge is -1.97. The second-order valence-corrected chi connectivity index (χ2v) is 4.40. The van der Waals surface area contributed by atoms with Gasteiger partial charge in [-0.3, -0.25) is 4.79 Å². The Labute approximate surface area is 102 Å². The lowest BCUT2D eigenvalue weighted by atomic mass is 10.1. The quantitative estimate of drug-likeness (QED) is 0.811. The highest BCUT2D eigenvalue weighted by atomic mass is 79.9. The third-order valence-corrected chi connectivity index (χ3v) is 2.64. The van der Waals surface area contributed by atoms with E-state index in [1.807, 2.05) is 24.3 Å². The number of nitrogens with zero attached hydrogens (tertiary/aromatic N) is 1. The predicted octanol–water partition coefficient (Wildman–Crippen LogP) is 3.23. The monoisotopic (exact) mass is 279 g/mol. The number of carbonyl (C=O) groups is 1. The minimum atomic E-state index is -0.104. The van der Waals surface area contributed by atoms with Gasteiger partial charge in [-0.05, 0) is 17.7 Å². The Hall–Kier alpha value is -1.42. The molecule has 0 N–H and O–H groups in total. The van der Waals surface area contributed by atoms with Gasteiger partial charge in [0.05, 0.1) is 6.20 Å². The van der Waals surface area contributed by atoms with Crippen LogP contribution in [-0.4, -0.2) is 10.8 Å². The summed E-state index contributed by atoms with van der Waals surface area (Å²) in [4.78, 5) is 15.1. The second-order valence-electron chi connectivity index (χ2n) is 3.48. The number of Topliss-reactive ketones (excluding diaryl/α,β-unsaturated/α-hetero) is 1. The highest BCUT2D eigenvalue weighted by Gasteiger charge is 2.08. The summed E-state index contributed by atoms with van der Waals surface area (Å²) >= 11 is 3.40. The number of aromatic nitrogens is 1. The van der Waals surface area contributed by atoms with Crippen LogP contribution in [-0.2, 0) is 6.42 Å². The molecule has 0 radical (unpaired) electrons. The zero-order chi connectivity index (χ0) is 11.5. The third kappa shape index (κ3) is 2.58. The summed E-state index contributed by atoms with van der Waals surface area (Å²) in [7, 11) is 0. The van der Waals surface area contributed by atoms with Crippen molar-refractivity contribution in [2.45, 2.75) is 13.3 Å². The Bertz CT molecular complexity index is 519. The molecule has 0 fully saturated rings. The van der Waals surface area contributed by atoms with Crippen molar-refractivity contribution in [2.75, 3.05) is 0 Å². The number of hydrogen-bond acceptors (Lipinski definition) is 3. The van der Waals surface area contributed by atoms with Crippen LogP contribution in [0, 0.1) is 0 Å². The molecule has 0 aliphatic heterocycles. The van der Waals surface area contributed by atoms with Gasteiger partial charge in [0, 0.05) is 17.8 Å². The molecule has 0 atom stereocenters. The van der Waals surface area contributed by atoms with Gasteiger partial charge in [-0.1, -0.05) is 28.1 Å². The fourth-order valence-electron chi connectivity index (χ4n) is 1.38. The zero-order valence-corrected chi connectivity index (χ0v) is 10.3. The summed E-state index contributed by atoms with van der Waals surface area (Å²) < 4.78 is 6.33. The van der Waals surface area contributed by atoms with Crippen LogP contribution in [0.4, 0.5) is 0 Å². The summed E-state index contributed by atoms with van der Waals surface area (Å²) in [6, 6.07) is 7.90. The molecule has 0 bridgehead atoms. The largest absolute Gasteiger partial charge is 0.437 e. The van der Waals surface area contributed by atoms with Gasteiger partial charge in [0.15, 0.2) is 17.4 Å². The first kappa shape index (κ1) is 11.1. The SMILES string of the molecule is CC(=O)c1cnc(Cc2cccc(Br)c2)o1. The number of rotatable bonds is 3. The lowest BCUT2D eigenvalue weighted by molar-refractivity contribution is 0.0985. The summed E-state index contributed by atoms with van der Waals surface area (Å²) in [5.74, 6) is 0.765. The maximum Gasteiger partial charge on any atom is 0.199 e. The maximum absolute atomic E-state index is 11.0. The van der Waals surface area contributed by atoms with Crippen molar-refractivity contribution >= 4 is 21.7 Å². The number of ketones is 1. The molecule has 1 aromatic carbocycles. The van der Waals surface area contributed by atoms with Crippen LogP contribution in [0.3, 0.4) is 0 Å². The second kappa shape index (κ2) is 4.61. The molecule has 0 spiro atoms. The molecule has 4 heteroatoms. The normalized spacial score (nSPS) is 10.4. The first-order valence-corrected chi connectivity index (χ1v) is 5.64. The highest BCUT2D eigenvalue weighted by molar-refractivity contribution is 9.10. The first-order chi connectivity index (χ1) is 7.65. The Kier molecular flexibility index (Phi) is 3.19. The molecule has 0 unspecified atom stereocenters. The van der Waals surface area contributed by atoms with Gasteiger partial charge in [0.1, 0.15) is 0 Å². The number of halogens is 1. The number of oxazole rings is 1. The van der Waals surface area contributed by atoms with Gasteiger partial charge < -0.3 is 4.42 Å². The Morgan fingerprint density at radius 2 is 2.31 bits per heavy atom. The highest BCUT2D eigenvalue weighted by Crippen LogP contribution is 2.15. The van der Waals surface area contributed by atoms with E-state index in [9.17, 15) is 4.79 Å². The van der Waals surface area contributed by atoms with Crippen molar-refractivity contribution in [3.8, 4) is 0 Å². The smallest absolute Gasteiger partial charge is 0.199 e. The molecule has 1 aromatic heterocycles. The van der Waals surface area contributed by atoms with E-state index in [1.54, 1.807) is 0 Å². The van der Waals surface area contributed by atoms with Crippen molar-refractivity contribution in [3.63, 3.8) is 0 Å². The average molecular weight is 280 g/mol. The fraction of sp³-hybridized carbons (Fsp3) is 0.167. The molecular formula is C12H10BrNO2. The van der Waals surface area contributed by atoms with E-state index in [1.165, 1.54) is 13.1 Å². The van der Waals surface area contributed by atoms with E-state index in [2.05, 4.69) is 20.9 Å². The Morgan fingerprint density at radius 3 is 2.94 bits per heavy atom. The summed E-state index contributed by atoms with van der Waals surface area (Å²) in [5, 5.41) is 0. The van der Waals surface area contributed by atoms with Crippen LogP contribution in [0.1, 0.15) is 28.9 Å². The third-order valence-electron chi connectivity index (χ3n) is 2.14. The Balaban J connectivity index is 2.17. The van der Waals surface area contributed by atoms with E-state index < -0.39 is 0 Å². The van der Waals surface area contributed by atoms with Gasteiger partial charge in [-0.15, -0.1) is 0 Å². The predicted molar refractivity (Wildman–Crippen MR) is 63.5 cm³/mol. The van der Waals surface area contributed by atoms with Crippen LogP contribution in [0.2, 0.25) is 0 Å². The van der Waals surface area contributed by atoms with Gasteiger partial charge >= 0.3 is 0 Å². The molecule has 2 aromatic rings. The number of carbonyl (C=O) groups excluding carboxylic acids is 1. The number of benzene rings is 1. The molecule has 2 rings (SSSR count). The fourth-order valence-corrected chi connectivity index (χ4v) is 1.82. The van der Waals surface area contributed by atoms with Crippen molar-refractivity contribution in [1.29, 1.82) is 0 Å². The molecule has 0 saturated heterocycles. The Morgan fingerprint density at radius 1 is 1.50 bits per heavy atom. The molecule has 0 amide bonds. The van der Waals surface area contributed by atoms with Crippen molar-refractivity contribution in [1.82, 2.24) is 4.98 Å². The van der Waals surface area contributed by atoms with Gasteiger partial charge in [-0.25, -0.2) is 4.98 Å². The van der Waals surface area contributed by atoms with E-state index in [-0.39, 0.29) is 5.78 Å².